The summed E-state index contributed by atoms with van der Waals surface area (Å²) in [6.45, 7) is 6.86. The molecule has 0 aliphatic heterocycles. The van der Waals surface area contributed by atoms with Crippen LogP contribution in [0.1, 0.15) is 72.9 Å². The van der Waals surface area contributed by atoms with Gasteiger partial charge in [0.15, 0.2) is 0 Å². The molecule has 11 heteroatoms. The Morgan fingerprint density at radius 1 is 0.492 bits per heavy atom. The Bertz CT molecular complexity index is 2420. The van der Waals surface area contributed by atoms with Crippen molar-refractivity contribution in [2.75, 3.05) is 26.3 Å². The molecule has 6 aromatic carbocycles. The van der Waals surface area contributed by atoms with E-state index in [2.05, 4.69) is 47.0 Å². The summed E-state index contributed by atoms with van der Waals surface area (Å²) in [5.74, 6) is -1.68. The zero-order valence-corrected chi connectivity index (χ0v) is 35.7. The molecule has 6 aromatic rings. The van der Waals surface area contributed by atoms with Crippen LogP contribution in [0.15, 0.2) is 158 Å². The van der Waals surface area contributed by atoms with Gasteiger partial charge in [-0.05, 0) is 83.3 Å². The van der Waals surface area contributed by atoms with Gasteiger partial charge >= 0.3 is 24.1 Å². The fraction of sp³-hybridized carbons (Fsp3) is 0.231. The molecule has 2 amide bonds. The van der Waals surface area contributed by atoms with E-state index in [-0.39, 0.29) is 31.6 Å². The van der Waals surface area contributed by atoms with Crippen molar-refractivity contribution < 1.29 is 43.6 Å². The predicted molar refractivity (Wildman–Crippen MR) is 241 cm³/mol. The molecule has 2 aliphatic carbocycles. The summed E-state index contributed by atoms with van der Waals surface area (Å²) in [7, 11) is 0. The number of nitrogens with one attached hydrogen (secondary N) is 2. The molecular formula is C52H52N2O9. The van der Waals surface area contributed by atoms with Crippen molar-refractivity contribution in [2.45, 2.75) is 50.7 Å². The molecule has 0 radical (unpaired) electrons. The van der Waals surface area contributed by atoms with Gasteiger partial charge < -0.3 is 35.1 Å². The van der Waals surface area contributed by atoms with Crippen molar-refractivity contribution in [3.05, 3.63) is 191 Å². The number of hydrogen-bond acceptors (Lipinski definition) is 8. The van der Waals surface area contributed by atoms with Crippen molar-refractivity contribution in [3.8, 4) is 22.3 Å². The first kappa shape index (κ1) is 45.3. The minimum absolute atomic E-state index is 0.0250. The van der Waals surface area contributed by atoms with Crippen molar-refractivity contribution >= 4 is 24.1 Å². The Morgan fingerprint density at radius 2 is 0.825 bits per heavy atom. The third-order valence-electron chi connectivity index (χ3n) is 10.8. The molecule has 324 valence electrons. The van der Waals surface area contributed by atoms with Crippen LogP contribution in [0.2, 0.25) is 0 Å². The Kier molecular flexibility index (Phi) is 14.8. The van der Waals surface area contributed by atoms with Crippen molar-refractivity contribution in [1.82, 2.24) is 10.6 Å². The average Bonchev–Trinajstić information content (AvgIpc) is 3.79. The number of esters is 1. The predicted octanol–water partition coefficient (Wildman–Crippen LogP) is 9.53. The van der Waals surface area contributed by atoms with E-state index in [4.69, 9.17) is 19.3 Å². The molecule has 0 atom stereocenters. The topological polar surface area (TPSA) is 160 Å². The lowest BCUT2D eigenvalue weighted by molar-refractivity contribution is -0.156. The van der Waals surface area contributed by atoms with Gasteiger partial charge in [-0.2, -0.15) is 0 Å². The Labute approximate surface area is 367 Å². The zero-order chi connectivity index (χ0) is 45.0. The minimum atomic E-state index is -1.10. The molecule has 0 bridgehead atoms. The second kappa shape index (κ2) is 20.5. The second-order valence-corrected chi connectivity index (χ2v) is 16.0. The van der Waals surface area contributed by atoms with Gasteiger partial charge in [0.1, 0.15) is 31.9 Å². The van der Waals surface area contributed by atoms with E-state index in [0.717, 1.165) is 44.5 Å². The maximum atomic E-state index is 12.2. The van der Waals surface area contributed by atoms with Crippen LogP contribution in [-0.2, 0) is 35.0 Å². The standard InChI is InChI=1S/C26H25NO4.C17H15NO4.C9H12O/c1-26(2,18-10-4-3-5-11-18)31-24(28)16-27-25(29)30-17-23-21-14-8-6-12-19(21)20-13-7-9-15-22(20)23;19-16(20)9-18-17(21)22-10-15-13-7-3-1-5-11(13)12-6-2-4-8-14(12)15;1-9(2,10)8-6-4-3-5-7-8/h3-15,23H,16-17H2,1-2H3,(H,27,29);1-8,15H,9-10H2,(H,18,21)(H,19,20);3-7,10H,1-2H3. The van der Waals surface area contributed by atoms with Crippen LogP contribution in [0, 0.1) is 0 Å². The molecule has 0 saturated carbocycles. The summed E-state index contributed by atoms with van der Waals surface area (Å²) in [4.78, 5) is 46.4. The molecular weight excluding hydrogens is 797 g/mol. The minimum Gasteiger partial charge on any atom is -0.480 e. The smallest absolute Gasteiger partial charge is 0.407 e. The SMILES string of the molecule is CC(C)(O)c1ccccc1.CC(C)(OC(=O)CNC(=O)OCC1c2ccccc2-c2ccccc21)c1ccccc1.O=C(O)CNC(=O)OCC1c2ccccc2-c2ccccc21. The Balaban J connectivity index is 0.000000178. The Morgan fingerprint density at radius 3 is 1.17 bits per heavy atom. The molecule has 0 saturated heterocycles. The van der Waals surface area contributed by atoms with E-state index in [0.29, 0.717) is 0 Å². The summed E-state index contributed by atoms with van der Waals surface area (Å²) in [6.07, 6.45) is -1.36. The van der Waals surface area contributed by atoms with Crippen molar-refractivity contribution in [3.63, 3.8) is 0 Å². The number of hydrogen-bond donors (Lipinski definition) is 4. The van der Waals surface area contributed by atoms with Gasteiger partial charge in [-0.25, -0.2) is 9.59 Å². The first-order valence-electron chi connectivity index (χ1n) is 20.7. The molecule has 0 spiro atoms. The molecule has 8 rings (SSSR count). The van der Waals surface area contributed by atoms with Crippen LogP contribution in [0.5, 0.6) is 0 Å². The summed E-state index contributed by atoms with van der Waals surface area (Å²) < 4.78 is 16.2. The van der Waals surface area contributed by atoms with E-state index in [1.807, 2.05) is 135 Å². The summed E-state index contributed by atoms with van der Waals surface area (Å²) in [5, 5.41) is 22.7. The average molecular weight is 849 g/mol. The third-order valence-corrected chi connectivity index (χ3v) is 10.8. The van der Waals surface area contributed by atoms with Crippen LogP contribution in [-0.4, -0.2) is 60.6 Å². The number of ether oxygens (including phenoxy) is 3. The highest BCUT2D eigenvalue weighted by molar-refractivity contribution is 5.81. The number of rotatable bonds is 11. The largest absolute Gasteiger partial charge is 0.480 e. The summed E-state index contributed by atoms with van der Waals surface area (Å²) >= 11 is 0. The van der Waals surface area contributed by atoms with Crippen molar-refractivity contribution in [1.29, 1.82) is 0 Å². The maximum absolute atomic E-state index is 12.2. The van der Waals surface area contributed by atoms with Crippen molar-refractivity contribution in [2.24, 2.45) is 0 Å². The van der Waals surface area contributed by atoms with E-state index in [1.54, 1.807) is 13.8 Å². The first-order valence-corrected chi connectivity index (χ1v) is 20.7. The van der Waals surface area contributed by atoms with Crippen LogP contribution >= 0.6 is 0 Å². The van der Waals surface area contributed by atoms with Gasteiger partial charge in [0, 0.05) is 11.8 Å². The monoisotopic (exact) mass is 848 g/mol. The van der Waals surface area contributed by atoms with Gasteiger partial charge in [-0.15, -0.1) is 0 Å². The second-order valence-electron chi connectivity index (χ2n) is 16.0. The number of benzene rings is 6. The summed E-state index contributed by atoms with van der Waals surface area (Å²) in [6, 6.07) is 51.4. The molecule has 0 heterocycles. The van der Waals surface area contributed by atoms with Crippen LogP contribution in [0.25, 0.3) is 22.3 Å². The number of fused-ring (bicyclic) bond motifs is 6. The lowest BCUT2D eigenvalue weighted by Gasteiger charge is -2.25. The number of alkyl carbamates (subject to hydrolysis) is 2. The number of carbonyl (C=O) groups is 4. The molecule has 2 aliphatic rings. The molecule has 0 unspecified atom stereocenters. The van der Waals surface area contributed by atoms with E-state index in [9.17, 15) is 24.3 Å². The molecule has 63 heavy (non-hydrogen) atoms. The number of amides is 2. The van der Waals surface area contributed by atoms with Gasteiger partial charge in [-0.3, -0.25) is 9.59 Å². The Hall–Kier alpha value is -7.24. The quantitative estimate of drug-likeness (QED) is 0.0736. The third kappa shape index (κ3) is 11.8. The highest BCUT2D eigenvalue weighted by Crippen LogP contribution is 2.45. The number of carbonyl (C=O) groups excluding carboxylic acids is 3. The molecule has 0 fully saturated rings. The fourth-order valence-corrected chi connectivity index (χ4v) is 7.66. The molecule has 4 N–H and O–H groups in total. The summed E-state index contributed by atoms with van der Waals surface area (Å²) in [5.41, 5.74) is 9.49. The van der Waals surface area contributed by atoms with E-state index >= 15 is 0 Å². The highest BCUT2D eigenvalue weighted by atomic mass is 16.6. The molecule has 0 aromatic heterocycles. The van der Waals surface area contributed by atoms with E-state index in [1.165, 1.54) is 11.1 Å². The normalized spacial score (nSPS) is 12.3. The fourth-order valence-electron chi connectivity index (χ4n) is 7.66. The number of aliphatic carboxylic acids is 1. The number of carboxylic acid groups (broad SMARTS) is 1. The lowest BCUT2D eigenvalue weighted by Crippen LogP contribution is -2.35. The van der Waals surface area contributed by atoms with Gasteiger partial charge in [0.2, 0.25) is 0 Å². The van der Waals surface area contributed by atoms with Gasteiger partial charge in [0.05, 0.1) is 5.60 Å². The van der Waals surface area contributed by atoms with E-state index < -0.39 is 41.9 Å². The van der Waals surface area contributed by atoms with Crippen LogP contribution < -0.4 is 10.6 Å². The number of carboxylic acids is 1. The maximum Gasteiger partial charge on any atom is 0.407 e. The lowest BCUT2D eigenvalue weighted by atomic mass is 9.98. The number of aliphatic hydroxyl groups is 1. The first-order chi connectivity index (χ1) is 30.2. The highest BCUT2D eigenvalue weighted by Gasteiger charge is 2.31. The zero-order valence-electron chi connectivity index (χ0n) is 35.7. The van der Waals surface area contributed by atoms with Crippen LogP contribution in [0.4, 0.5) is 9.59 Å². The van der Waals surface area contributed by atoms with Gasteiger partial charge in [-0.1, -0.05) is 158 Å². The molecule has 11 nitrogen and oxygen atoms in total. The van der Waals surface area contributed by atoms with Crippen LogP contribution in [0.3, 0.4) is 0 Å². The van der Waals surface area contributed by atoms with Gasteiger partial charge in [0.25, 0.3) is 0 Å².